The first-order chi connectivity index (χ1) is 10.4. The van der Waals surface area contributed by atoms with Crippen molar-refractivity contribution in [2.24, 2.45) is 9.18 Å². The Kier molecular flexibility index (Phi) is 4.69. The molecular weight excluding hydrogens is 338 g/mol. The van der Waals surface area contributed by atoms with Gasteiger partial charge in [-0.1, -0.05) is 11.2 Å². The molecule has 8 heteroatoms. The Morgan fingerprint density at radius 2 is 1.87 bits per heavy atom. The Morgan fingerprint density at radius 1 is 1.30 bits per heavy atom. The largest absolute Gasteiger partial charge is 0.389 e. The number of rotatable bonds is 3. The standard InChI is InChI=1S/C15H22F2N2O2SSi/c1-15(2)9-14(18-21-15)22(20,19-23(3,4)5)10-11-12(16)7-6-8-13(11)17/h6-8H,9-10H2,1-5H3. The van der Waals surface area contributed by atoms with Crippen molar-refractivity contribution >= 4 is 23.0 Å². The summed E-state index contributed by atoms with van der Waals surface area (Å²) in [5.41, 5.74) is -0.798. The zero-order valence-corrected chi connectivity index (χ0v) is 15.8. The summed E-state index contributed by atoms with van der Waals surface area (Å²) >= 11 is 0. The Balaban J connectivity index is 2.53. The van der Waals surface area contributed by atoms with Gasteiger partial charge in [-0.15, -0.1) is 0 Å². The monoisotopic (exact) mass is 360 g/mol. The molecule has 0 amide bonds. The second kappa shape index (κ2) is 5.97. The summed E-state index contributed by atoms with van der Waals surface area (Å²) < 4.78 is 45.9. The van der Waals surface area contributed by atoms with Crippen LogP contribution in [0.2, 0.25) is 19.6 Å². The number of benzene rings is 1. The third-order valence-corrected chi connectivity index (χ3v) is 8.17. The molecule has 0 saturated heterocycles. The van der Waals surface area contributed by atoms with Crippen LogP contribution in [0.3, 0.4) is 0 Å². The topological polar surface area (TPSA) is 51.0 Å². The number of oxime groups is 1. The van der Waals surface area contributed by atoms with Gasteiger partial charge in [0.1, 0.15) is 17.2 Å². The summed E-state index contributed by atoms with van der Waals surface area (Å²) in [7, 11) is -5.19. The molecule has 128 valence electrons. The van der Waals surface area contributed by atoms with Crippen LogP contribution in [-0.2, 0) is 20.3 Å². The lowest BCUT2D eigenvalue weighted by Crippen LogP contribution is -2.28. The SMILES string of the molecule is CC1(C)CC(S(=O)(Cc2c(F)cccc2F)=N[Si](C)(C)C)=NO1. The van der Waals surface area contributed by atoms with E-state index in [4.69, 9.17) is 4.84 Å². The summed E-state index contributed by atoms with van der Waals surface area (Å²) in [4.78, 5) is 5.29. The molecule has 2 rings (SSSR count). The predicted molar refractivity (Wildman–Crippen MR) is 91.2 cm³/mol. The van der Waals surface area contributed by atoms with Crippen molar-refractivity contribution in [2.45, 2.75) is 51.3 Å². The van der Waals surface area contributed by atoms with Crippen LogP contribution < -0.4 is 0 Å². The van der Waals surface area contributed by atoms with Crippen molar-refractivity contribution in [2.75, 3.05) is 0 Å². The van der Waals surface area contributed by atoms with Gasteiger partial charge in [-0.25, -0.2) is 13.0 Å². The van der Waals surface area contributed by atoms with Crippen molar-refractivity contribution in [1.29, 1.82) is 0 Å². The van der Waals surface area contributed by atoms with Crippen LogP contribution in [0, 0.1) is 11.6 Å². The highest BCUT2D eigenvalue weighted by Crippen LogP contribution is 2.29. The van der Waals surface area contributed by atoms with Crippen LogP contribution in [0.5, 0.6) is 0 Å². The van der Waals surface area contributed by atoms with E-state index in [2.05, 4.69) is 9.18 Å². The first-order valence-electron chi connectivity index (χ1n) is 7.36. The molecule has 1 aliphatic heterocycles. The summed E-state index contributed by atoms with van der Waals surface area (Å²) in [6, 6.07) is 3.60. The van der Waals surface area contributed by atoms with E-state index in [0.717, 1.165) is 12.1 Å². The fourth-order valence-corrected chi connectivity index (χ4v) is 8.03. The predicted octanol–water partition coefficient (Wildman–Crippen LogP) is 4.28. The van der Waals surface area contributed by atoms with E-state index >= 15 is 0 Å². The van der Waals surface area contributed by atoms with Gasteiger partial charge >= 0.3 is 0 Å². The van der Waals surface area contributed by atoms with Crippen LogP contribution in [0.1, 0.15) is 25.8 Å². The highest BCUT2D eigenvalue weighted by molar-refractivity contribution is 8.08. The van der Waals surface area contributed by atoms with E-state index in [1.165, 1.54) is 6.07 Å². The summed E-state index contributed by atoms with van der Waals surface area (Å²) in [6.07, 6.45) is 0.329. The molecular formula is C15H22F2N2O2SSi. The van der Waals surface area contributed by atoms with Crippen molar-refractivity contribution in [3.8, 4) is 0 Å². The molecule has 1 heterocycles. The normalized spacial score (nSPS) is 19.7. The van der Waals surface area contributed by atoms with Gasteiger partial charge in [0.2, 0.25) is 0 Å². The molecule has 0 spiro atoms. The average molecular weight is 361 g/mol. The van der Waals surface area contributed by atoms with Crippen molar-refractivity contribution in [3.63, 3.8) is 0 Å². The second-order valence-electron chi connectivity index (χ2n) is 7.26. The van der Waals surface area contributed by atoms with E-state index in [1.54, 1.807) is 0 Å². The maximum absolute atomic E-state index is 14.0. The van der Waals surface area contributed by atoms with Gasteiger partial charge in [0.25, 0.3) is 0 Å². The van der Waals surface area contributed by atoms with Crippen LogP contribution in [0.4, 0.5) is 8.78 Å². The summed E-state index contributed by atoms with van der Waals surface area (Å²) in [5.74, 6) is -1.77. The molecule has 0 N–H and O–H groups in total. The minimum absolute atomic E-state index is 0.216. The number of hydrogen-bond acceptors (Lipinski definition) is 4. The zero-order valence-electron chi connectivity index (χ0n) is 14.0. The lowest BCUT2D eigenvalue weighted by atomic mass is 10.1. The van der Waals surface area contributed by atoms with Crippen LogP contribution in [0.25, 0.3) is 0 Å². The fraction of sp³-hybridized carbons (Fsp3) is 0.533. The lowest BCUT2D eigenvalue weighted by molar-refractivity contribution is 0.0123. The van der Waals surface area contributed by atoms with Crippen molar-refractivity contribution in [1.82, 2.24) is 0 Å². The first-order valence-corrected chi connectivity index (χ1v) is 12.5. The molecule has 1 aliphatic rings. The molecule has 0 bridgehead atoms. The molecule has 0 fully saturated rings. The van der Waals surface area contributed by atoms with Gasteiger partial charge in [0, 0.05) is 12.0 Å². The molecule has 1 aromatic rings. The maximum Gasteiger partial charge on any atom is 0.185 e. The quantitative estimate of drug-likeness (QED) is 0.756. The molecule has 23 heavy (non-hydrogen) atoms. The molecule has 0 radical (unpaired) electrons. The molecule has 0 saturated carbocycles. The maximum atomic E-state index is 14.0. The van der Waals surface area contributed by atoms with Gasteiger partial charge in [0.05, 0.1) is 15.5 Å². The number of hydrogen-bond donors (Lipinski definition) is 0. The Morgan fingerprint density at radius 3 is 2.30 bits per heavy atom. The van der Waals surface area contributed by atoms with Gasteiger partial charge in [-0.2, -0.15) is 0 Å². The van der Waals surface area contributed by atoms with E-state index in [1.807, 2.05) is 33.5 Å². The minimum atomic E-state index is -3.06. The highest BCUT2D eigenvalue weighted by atomic mass is 32.2. The van der Waals surface area contributed by atoms with Crippen molar-refractivity contribution in [3.05, 3.63) is 35.4 Å². The average Bonchev–Trinajstić information content (AvgIpc) is 2.73. The van der Waals surface area contributed by atoms with Gasteiger partial charge in [-0.05, 0) is 45.6 Å². The van der Waals surface area contributed by atoms with Crippen LogP contribution in [-0.4, -0.2) is 23.1 Å². The van der Waals surface area contributed by atoms with Crippen LogP contribution >= 0.6 is 0 Å². The lowest BCUT2D eigenvalue weighted by Gasteiger charge is -2.18. The van der Waals surface area contributed by atoms with Gasteiger partial charge in [0.15, 0.2) is 13.3 Å². The van der Waals surface area contributed by atoms with E-state index in [-0.39, 0.29) is 16.4 Å². The molecule has 1 unspecified atom stereocenters. The Bertz CT molecular complexity index is 743. The third-order valence-electron chi connectivity index (χ3n) is 3.16. The van der Waals surface area contributed by atoms with Gasteiger partial charge < -0.3 is 4.84 Å². The molecule has 0 aliphatic carbocycles. The molecule has 0 aromatic heterocycles. The summed E-state index contributed by atoms with van der Waals surface area (Å²) in [6.45, 7) is 9.41. The van der Waals surface area contributed by atoms with E-state index in [0.29, 0.717) is 6.42 Å². The van der Waals surface area contributed by atoms with E-state index < -0.39 is 35.2 Å². The Hall–Kier alpha value is -1.28. The molecule has 1 aromatic carbocycles. The molecule has 1 atom stereocenters. The van der Waals surface area contributed by atoms with E-state index in [9.17, 15) is 13.0 Å². The second-order valence-corrected chi connectivity index (χ2v) is 14.4. The Labute approximate surface area is 137 Å². The fourth-order valence-electron chi connectivity index (χ4n) is 2.25. The van der Waals surface area contributed by atoms with Crippen LogP contribution in [0.15, 0.2) is 27.4 Å². The first kappa shape index (κ1) is 18.1. The van der Waals surface area contributed by atoms with Gasteiger partial charge in [-0.3, -0.25) is 4.03 Å². The smallest absolute Gasteiger partial charge is 0.185 e. The summed E-state index contributed by atoms with van der Waals surface area (Å²) in [5, 5.41) is 4.21. The highest BCUT2D eigenvalue weighted by Gasteiger charge is 2.36. The zero-order chi connectivity index (χ0) is 17.5. The third kappa shape index (κ3) is 4.38. The molecule has 4 nitrogen and oxygen atoms in total. The number of halogens is 2. The number of nitrogens with zero attached hydrogens (tertiary/aromatic N) is 2. The minimum Gasteiger partial charge on any atom is -0.389 e. The van der Waals surface area contributed by atoms with Crippen molar-refractivity contribution < 1.29 is 17.8 Å².